The minimum Gasteiger partial charge on any atom is -0.310 e. The van der Waals surface area contributed by atoms with E-state index in [0.717, 1.165) is 22.7 Å². The number of aromatic nitrogens is 1. The lowest BCUT2D eigenvalue weighted by Gasteiger charge is -2.28. The van der Waals surface area contributed by atoms with E-state index in [-0.39, 0.29) is 0 Å². The lowest BCUT2D eigenvalue weighted by Crippen LogP contribution is -2.11. The van der Waals surface area contributed by atoms with Crippen molar-refractivity contribution in [1.82, 2.24) is 4.57 Å². The molecule has 286 valence electrons. The largest absolute Gasteiger partial charge is 0.310 e. The smallest absolute Gasteiger partial charge is 0.0541 e. The molecule has 10 aromatic carbocycles. The van der Waals surface area contributed by atoms with Gasteiger partial charge in [-0.1, -0.05) is 158 Å². The lowest BCUT2D eigenvalue weighted by molar-refractivity contribution is 1.17. The number of rotatable bonds is 7. The molecule has 0 saturated heterocycles. The molecule has 12 aromatic rings. The number of hydrogen-bond acceptors (Lipinski definition) is 2. The van der Waals surface area contributed by atoms with E-state index in [9.17, 15) is 0 Å². The topological polar surface area (TPSA) is 8.17 Å². The molecule has 0 aliphatic carbocycles. The summed E-state index contributed by atoms with van der Waals surface area (Å²) in [6, 6.07) is 84.2. The highest BCUT2D eigenvalue weighted by Crippen LogP contribution is 2.46. The minimum atomic E-state index is 1.09. The highest BCUT2D eigenvalue weighted by Gasteiger charge is 2.20. The summed E-state index contributed by atoms with van der Waals surface area (Å²) in [4.78, 5) is 2.42. The van der Waals surface area contributed by atoms with Crippen LogP contribution in [0.15, 0.2) is 231 Å². The summed E-state index contributed by atoms with van der Waals surface area (Å²) in [6.45, 7) is 0. The quantitative estimate of drug-likeness (QED) is 0.156. The van der Waals surface area contributed by atoms with E-state index in [1.807, 2.05) is 11.3 Å². The first-order valence-electron chi connectivity index (χ1n) is 20.8. The van der Waals surface area contributed by atoms with Gasteiger partial charge in [0.1, 0.15) is 0 Å². The first kappa shape index (κ1) is 35.2. The maximum atomic E-state index is 2.42. The van der Waals surface area contributed by atoms with Crippen molar-refractivity contribution in [2.24, 2.45) is 0 Å². The van der Waals surface area contributed by atoms with Gasteiger partial charge in [0.15, 0.2) is 0 Å². The normalized spacial score (nSPS) is 11.6. The van der Waals surface area contributed by atoms with Crippen LogP contribution in [0.25, 0.3) is 91.8 Å². The fourth-order valence-corrected chi connectivity index (χ4v) is 10.5. The molecule has 0 N–H and O–H groups in total. The zero-order valence-electron chi connectivity index (χ0n) is 33.2. The Morgan fingerprint density at radius 3 is 1.66 bits per heavy atom. The molecule has 0 aliphatic rings. The minimum absolute atomic E-state index is 1.09. The zero-order chi connectivity index (χ0) is 40.3. The molecule has 0 saturated carbocycles. The van der Waals surface area contributed by atoms with Crippen molar-refractivity contribution in [3.8, 4) is 39.1 Å². The van der Waals surface area contributed by atoms with Gasteiger partial charge in [-0.25, -0.2) is 0 Å². The van der Waals surface area contributed by atoms with E-state index in [1.54, 1.807) is 0 Å². The van der Waals surface area contributed by atoms with Gasteiger partial charge in [-0.2, -0.15) is 0 Å². The van der Waals surface area contributed by atoms with Gasteiger partial charge in [-0.05, 0) is 106 Å². The number of nitrogens with zero attached hydrogens (tertiary/aromatic N) is 2. The maximum Gasteiger partial charge on any atom is 0.0541 e. The van der Waals surface area contributed by atoms with Crippen LogP contribution in [0, 0.1) is 0 Å². The molecular weight excluding hydrogens is 757 g/mol. The molecule has 2 heterocycles. The molecule has 3 heteroatoms. The van der Waals surface area contributed by atoms with Gasteiger partial charge < -0.3 is 9.47 Å². The monoisotopic (exact) mass is 794 g/mol. The predicted octanol–water partition coefficient (Wildman–Crippen LogP) is 16.8. The summed E-state index contributed by atoms with van der Waals surface area (Å²) in [7, 11) is 0. The summed E-state index contributed by atoms with van der Waals surface area (Å²) in [5, 5.41) is 7.63. The third-order valence-corrected chi connectivity index (χ3v) is 13.4. The van der Waals surface area contributed by atoms with Crippen LogP contribution in [0.3, 0.4) is 0 Å². The molecule has 0 amide bonds. The van der Waals surface area contributed by atoms with Crippen LogP contribution in [0.4, 0.5) is 17.1 Å². The van der Waals surface area contributed by atoms with E-state index in [2.05, 4.69) is 240 Å². The molecule has 0 unspecified atom stereocenters. The van der Waals surface area contributed by atoms with Gasteiger partial charge in [-0.15, -0.1) is 11.3 Å². The summed E-state index contributed by atoms with van der Waals surface area (Å²) in [5.41, 5.74) is 14.1. The van der Waals surface area contributed by atoms with Crippen LogP contribution in [-0.4, -0.2) is 4.57 Å². The Balaban J connectivity index is 0.990. The summed E-state index contributed by atoms with van der Waals surface area (Å²) in [5.74, 6) is 0. The van der Waals surface area contributed by atoms with Gasteiger partial charge in [0.2, 0.25) is 0 Å². The van der Waals surface area contributed by atoms with E-state index in [1.165, 1.54) is 86.1 Å². The second-order valence-electron chi connectivity index (χ2n) is 15.7. The molecule has 61 heavy (non-hydrogen) atoms. The van der Waals surface area contributed by atoms with Crippen molar-refractivity contribution < 1.29 is 0 Å². The predicted molar refractivity (Wildman–Crippen MR) is 262 cm³/mol. The Morgan fingerprint density at radius 2 is 0.885 bits per heavy atom. The first-order chi connectivity index (χ1) is 30.2. The molecule has 0 spiro atoms. The highest BCUT2D eigenvalue weighted by molar-refractivity contribution is 7.26. The molecule has 0 fully saturated rings. The maximum absolute atomic E-state index is 2.42. The highest BCUT2D eigenvalue weighted by atomic mass is 32.1. The number of benzene rings is 10. The number of para-hydroxylation sites is 3. The number of fused-ring (bicyclic) bond motifs is 7. The zero-order valence-corrected chi connectivity index (χ0v) is 34.1. The lowest BCUT2D eigenvalue weighted by atomic mass is 9.97. The fraction of sp³-hybridized carbons (Fsp3) is 0. The van der Waals surface area contributed by atoms with E-state index in [0.29, 0.717) is 0 Å². The van der Waals surface area contributed by atoms with Crippen molar-refractivity contribution in [2.75, 3.05) is 4.90 Å². The van der Waals surface area contributed by atoms with Gasteiger partial charge in [0.05, 0.1) is 16.7 Å². The molecule has 2 nitrogen and oxygen atoms in total. The molecule has 0 atom stereocenters. The van der Waals surface area contributed by atoms with Crippen molar-refractivity contribution >= 4 is 81.1 Å². The number of thiophene rings is 1. The first-order valence-corrected chi connectivity index (χ1v) is 21.6. The SMILES string of the molecule is c1cc(-c2ccc(N(c3ccc(-n4c5ccccc5c5ccccc54)cc3)c3ccccc3-c3cccc4c3sc3ccccc34)cc2)cc(-c2ccc3ccccc3c2)c1. The Kier molecular flexibility index (Phi) is 8.39. The summed E-state index contributed by atoms with van der Waals surface area (Å²) < 4.78 is 5.00. The van der Waals surface area contributed by atoms with Crippen molar-refractivity contribution in [3.05, 3.63) is 231 Å². The number of hydrogen-bond donors (Lipinski definition) is 0. The third kappa shape index (κ3) is 6.01. The van der Waals surface area contributed by atoms with E-state index >= 15 is 0 Å². The Morgan fingerprint density at radius 1 is 0.344 bits per heavy atom. The van der Waals surface area contributed by atoms with E-state index < -0.39 is 0 Å². The molecule has 0 radical (unpaired) electrons. The molecular formula is C58H38N2S. The van der Waals surface area contributed by atoms with Gasteiger partial charge >= 0.3 is 0 Å². The standard InChI is InChI=1S/C58H38N2S/c1-2-14-41-38-44(28-27-39(41)13-1)43-16-11-15-42(37-43)40-29-31-45(32-30-40)59(46-33-35-47(36-34-46)60-55-24-8-3-17-48(55)49-18-4-9-25-56(49)60)54-23-7-5-19-50(54)52-21-12-22-53-51-20-6-10-26-57(51)61-58(52)53/h1-38H. The van der Waals surface area contributed by atoms with Crippen molar-refractivity contribution in [2.45, 2.75) is 0 Å². The summed E-state index contributed by atoms with van der Waals surface area (Å²) >= 11 is 1.88. The molecule has 0 aliphatic heterocycles. The Bertz CT molecular complexity index is 3540. The van der Waals surface area contributed by atoms with Crippen LogP contribution in [0.1, 0.15) is 0 Å². The van der Waals surface area contributed by atoms with Gasteiger partial charge in [-0.3, -0.25) is 0 Å². The average Bonchev–Trinajstić information content (AvgIpc) is 3.88. The van der Waals surface area contributed by atoms with Crippen LogP contribution in [0.5, 0.6) is 0 Å². The number of anilines is 3. The van der Waals surface area contributed by atoms with Gasteiger partial charge in [0.25, 0.3) is 0 Å². The summed E-state index contributed by atoms with van der Waals surface area (Å²) in [6.07, 6.45) is 0. The van der Waals surface area contributed by atoms with Crippen LogP contribution in [0.2, 0.25) is 0 Å². The third-order valence-electron chi connectivity index (χ3n) is 12.2. The molecule has 2 aromatic heterocycles. The second-order valence-corrected chi connectivity index (χ2v) is 16.8. The van der Waals surface area contributed by atoms with Crippen molar-refractivity contribution in [1.29, 1.82) is 0 Å². The van der Waals surface area contributed by atoms with Crippen LogP contribution < -0.4 is 4.90 Å². The van der Waals surface area contributed by atoms with E-state index in [4.69, 9.17) is 0 Å². The second kappa shape index (κ2) is 14.5. The van der Waals surface area contributed by atoms with Crippen LogP contribution in [-0.2, 0) is 0 Å². The molecule has 12 rings (SSSR count). The van der Waals surface area contributed by atoms with Crippen molar-refractivity contribution in [3.63, 3.8) is 0 Å². The van der Waals surface area contributed by atoms with Crippen LogP contribution >= 0.6 is 11.3 Å². The van der Waals surface area contributed by atoms with Gasteiger partial charge in [0, 0.05) is 59.1 Å². The Labute approximate surface area is 358 Å². The Hall–Kier alpha value is -7.72. The fourth-order valence-electron chi connectivity index (χ4n) is 9.28. The molecule has 0 bridgehead atoms. The average molecular weight is 795 g/mol.